The molecule has 2 unspecified atom stereocenters. The molecule has 1 saturated heterocycles. The van der Waals surface area contributed by atoms with Crippen LogP contribution in [0.3, 0.4) is 0 Å². The van der Waals surface area contributed by atoms with Gasteiger partial charge in [0.1, 0.15) is 0 Å². The Morgan fingerprint density at radius 3 is 2.46 bits per heavy atom. The summed E-state index contributed by atoms with van der Waals surface area (Å²) in [6.45, 7) is 4.76. The van der Waals surface area contributed by atoms with Gasteiger partial charge in [-0.1, -0.05) is 24.4 Å². The Morgan fingerprint density at radius 1 is 1.08 bits per heavy atom. The first-order valence-electron chi connectivity index (χ1n) is 9.69. The third-order valence-corrected chi connectivity index (χ3v) is 6.61. The maximum absolute atomic E-state index is 13.1. The third kappa shape index (κ3) is 3.05. The maximum Gasteiger partial charge on any atom is 0.254 e. The monoisotopic (exact) mass is 371 g/mol. The van der Waals surface area contributed by atoms with Gasteiger partial charge in [0.15, 0.2) is 0 Å². The van der Waals surface area contributed by atoms with Crippen LogP contribution in [0.4, 0.5) is 0 Å². The summed E-state index contributed by atoms with van der Waals surface area (Å²) >= 11 is 6.25. The minimum absolute atomic E-state index is 0.180. The molecule has 0 N–H and O–H groups in total. The Hall–Kier alpha value is -1.81. The van der Waals surface area contributed by atoms with Crippen LogP contribution >= 0.6 is 11.6 Å². The summed E-state index contributed by atoms with van der Waals surface area (Å²) in [5.41, 5.74) is 3.45. The number of fused-ring (bicyclic) bond motifs is 1. The molecule has 2 atom stereocenters. The Kier molecular flexibility index (Phi) is 4.78. The van der Waals surface area contributed by atoms with Crippen LogP contribution < -0.4 is 0 Å². The van der Waals surface area contributed by atoms with E-state index in [-0.39, 0.29) is 5.91 Å². The fourth-order valence-electron chi connectivity index (χ4n) is 4.66. The lowest BCUT2D eigenvalue weighted by molar-refractivity contribution is 0.0390. The summed E-state index contributed by atoms with van der Waals surface area (Å²) in [7, 11) is 0. The molecular formula is C21H26ClN3O. The molecule has 5 heteroatoms. The number of aromatic nitrogens is 2. The molecule has 4 rings (SSSR count). The van der Waals surface area contributed by atoms with E-state index in [9.17, 15) is 4.79 Å². The van der Waals surface area contributed by atoms with E-state index >= 15 is 0 Å². The van der Waals surface area contributed by atoms with Crippen LogP contribution in [0.2, 0.25) is 5.02 Å². The van der Waals surface area contributed by atoms with Crippen molar-refractivity contribution in [3.8, 4) is 5.69 Å². The van der Waals surface area contributed by atoms with Gasteiger partial charge in [-0.3, -0.25) is 4.79 Å². The summed E-state index contributed by atoms with van der Waals surface area (Å²) in [6.07, 6.45) is 7.44. The van der Waals surface area contributed by atoms with Crippen molar-refractivity contribution < 1.29 is 4.79 Å². The second kappa shape index (κ2) is 7.07. The molecule has 2 heterocycles. The van der Waals surface area contributed by atoms with Crippen LogP contribution in [-0.4, -0.2) is 33.2 Å². The second-order valence-corrected chi connectivity index (χ2v) is 8.07. The first-order valence-corrected chi connectivity index (χ1v) is 10.1. The van der Waals surface area contributed by atoms with Gasteiger partial charge in [-0.15, -0.1) is 0 Å². The van der Waals surface area contributed by atoms with Crippen LogP contribution in [0, 0.1) is 19.8 Å². The summed E-state index contributed by atoms with van der Waals surface area (Å²) in [5, 5.41) is 5.18. The number of hydrogen-bond acceptors (Lipinski definition) is 2. The molecule has 1 saturated carbocycles. The molecule has 2 fully saturated rings. The van der Waals surface area contributed by atoms with Crippen molar-refractivity contribution >= 4 is 17.5 Å². The van der Waals surface area contributed by atoms with Gasteiger partial charge < -0.3 is 4.90 Å². The molecule has 4 nitrogen and oxygen atoms in total. The smallest absolute Gasteiger partial charge is 0.254 e. The Morgan fingerprint density at radius 2 is 1.77 bits per heavy atom. The lowest BCUT2D eigenvalue weighted by Crippen LogP contribution is -2.49. The molecule has 138 valence electrons. The molecule has 0 spiro atoms. The molecule has 1 aromatic carbocycles. The molecule has 0 bridgehead atoms. The van der Waals surface area contributed by atoms with E-state index in [1.54, 1.807) is 0 Å². The van der Waals surface area contributed by atoms with Crippen molar-refractivity contribution in [3.05, 3.63) is 46.2 Å². The topological polar surface area (TPSA) is 38.1 Å². The van der Waals surface area contributed by atoms with E-state index in [4.69, 9.17) is 11.6 Å². The molecule has 2 aliphatic rings. The zero-order chi connectivity index (χ0) is 18.3. The van der Waals surface area contributed by atoms with Crippen LogP contribution in [0.1, 0.15) is 60.3 Å². The summed E-state index contributed by atoms with van der Waals surface area (Å²) < 4.78 is 1.84. The van der Waals surface area contributed by atoms with Crippen molar-refractivity contribution in [2.24, 2.45) is 5.92 Å². The third-order valence-electron chi connectivity index (χ3n) is 6.07. The number of hydrogen-bond donors (Lipinski definition) is 0. The highest BCUT2D eigenvalue weighted by molar-refractivity contribution is 6.31. The Labute approximate surface area is 160 Å². The zero-order valence-electron chi connectivity index (χ0n) is 15.5. The molecule has 1 aliphatic heterocycles. The van der Waals surface area contributed by atoms with Crippen LogP contribution in [0.25, 0.3) is 5.69 Å². The van der Waals surface area contributed by atoms with Gasteiger partial charge in [-0.2, -0.15) is 5.10 Å². The summed E-state index contributed by atoms with van der Waals surface area (Å²) in [5.74, 6) is 0.886. The van der Waals surface area contributed by atoms with Gasteiger partial charge in [-0.25, -0.2) is 4.68 Å². The first kappa shape index (κ1) is 17.6. The summed E-state index contributed by atoms with van der Waals surface area (Å²) in [6, 6.07) is 8.22. The minimum atomic E-state index is 0.180. The van der Waals surface area contributed by atoms with E-state index in [1.807, 2.05) is 42.8 Å². The normalized spacial score (nSPS) is 23.0. The Bertz CT molecular complexity index is 809. The molecule has 2 aromatic rings. The average Bonchev–Trinajstić information content (AvgIpc) is 2.94. The summed E-state index contributed by atoms with van der Waals surface area (Å²) in [4.78, 5) is 15.3. The van der Waals surface area contributed by atoms with Crippen LogP contribution in [0.15, 0.2) is 24.3 Å². The number of aryl methyl sites for hydroxylation is 1. The number of carbonyl (C=O) groups excluding carboxylic acids is 1. The minimum Gasteiger partial charge on any atom is -0.335 e. The van der Waals surface area contributed by atoms with Crippen molar-refractivity contribution in [2.75, 3.05) is 6.54 Å². The van der Waals surface area contributed by atoms with Crippen molar-refractivity contribution in [2.45, 2.75) is 58.4 Å². The number of nitrogens with zero attached hydrogens (tertiary/aromatic N) is 3. The predicted molar refractivity (Wildman–Crippen MR) is 104 cm³/mol. The SMILES string of the molecule is Cc1nn(-c2ccc(C(=O)N3CCCC4CCCCC43)cc2)c(C)c1Cl. The number of halogens is 1. The number of amides is 1. The number of likely N-dealkylation sites (tertiary alicyclic amines) is 1. The highest BCUT2D eigenvalue weighted by Crippen LogP contribution is 2.36. The van der Waals surface area contributed by atoms with E-state index in [0.29, 0.717) is 17.0 Å². The fourth-order valence-corrected chi connectivity index (χ4v) is 4.78. The van der Waals surface area contributed by atoms with Gasteiger partial charge in [-0.05, 0) is 69.7 Å². The Balaban J connectivity index is 1.56. The lowest BCUT2D eigenvalue weighted by atomic mass is 9.78. The van der Waals surface area contributed by atoms with E-state index in [1.165, 1.54) is 32.1 Å². The van der Waals surface area contributed by atoms with Gasteiger partial charge in [0, 0.05) is 18.2 Å². The van der Waals surface area contributed by atoms with Gasteiger partial charge in [0.2, 0.25) is 0 Å². The molecule has 26 heavy (non-hydrogen) atoms. The van der Waals surface area contributed by atoms with E-state index in [2.05, 4.69) is 10.00 Å². The fraction of sp³-hybridized carbons (Fsp3) is 0.524. The molecule has 1 amide bonds. The molecule has 0 radical (unpaired) electrons. The highest BCUT2D eigenvalue weighted by atomic mass is 35.5. The van der Waals surface area contributed by atoms with Crippen molar-refractivity contribution in [1.82, 2.24) is 14.7 Å². The lowest BCUT2D eigenvalue weighted by Gasteiger charge is -2.44. The maximum atomic E-state index is 13.1. The predicted octanol–water partition coefficient (Wildman–Crippen LogP) is 4.94. The van der Waals surface area contributed by atoms with Crippen LogP contribution in [-0.2, 0) is 0 Å². The zero-order valence-corrected chi connectivity index (χ0v) is 16.3. The quantitative estimate of drug-likeness (QED) is 0.750. The number of rotatable bonds is 2. The first-order chi connectivity index (χ1) is 12.6. The second-order valence-electron chi connectivity index (χ2n) is 7.70. The van der Waals surface area contributed by atoms with Gasteiger partial charge in [0.05, 0.1) is 22.1 Å². The van der Waals surface area contributed by atoms with Crippen molar-refractivity contribution in [1.29, 1.82) is 0 Å². The average molecular weight is 372 g/mol. The molecular weight excluding hydrogens is 346 g/mol. The van der Waals surface area contributed by atoms with Gasteiger partial charge >= 0.3 is 0 Å². The number of benzene rings is 1. The number of piperidine rings is 1. The highest BCUT2D eigenvalue weighted by Gasteiger charge is 2.35. The standard InChI is InChI=1S/C21H26ClN3O/c1-14-20(22)15(2)25(23-14)18-11-9-17(10-12-18)21(26)24-13-5-7-16-6-3-4-8-19(16)24/h9-12,16,19H,3-8,13H2,1-2H3. The molecule has 1 aliphatic carbocycles. The van der Waals surface area contributed by atoms with E-state index in [0.717, 1.165) is 35.6 Å². The van der Waals surface area contributed by atoms with Gasteiger partial charge in [0.25, 0.3) is 5.91 Å². The number of carbonyl (C=O) groups is 1. The van der Waals surface area contributed by atoms with Crippen LogP contribution in [0.5, 0.6) is 0 Å². The van der Waals surface area contributed by atoms with Crippen molar-refractivity contribution in [3.63, 3.8) is 0 Å². The van der Waals surface area contributed by atoms with E-state index < -0.39 is 0 Å². The molecule has 1 aromatic heterocycles. The largest absolute Gasteiger partial charge is 0.335 e.